The van der Waals surface area contributed by atoms with Gasteiger partial charge in [0, 0.05) is 31.6 Å². The summed E-state index contributed by atoms with van der Waals surface area (Å²) in [4.78, 5) is 7.83. The van der Waals surface area contributed by atoms with Crippen LogP contribution in [-0.4, -0.2) is 41.0 Å². The Morgan fingerprint density at radius 1 is 1.00 bits per heavy atom. The molecule has 172 valence electrons. The Kier molecular flexibility index (Phi) is 7.99. The number of aliphatic hydroxyl groups is 1. The Labute approximate surface area is 203 Å². The average Bonchev–Trinajstić information content (AvgIpc) is 3.26. The largest absolute Gasteiger partial charge is 0.391 e. The summed E-state index contributed by atoms with van der Waals surface area (Å²) >= 11 is 12.2. The van der Waals surface area contributed by atoms with Crippen LogP contribution in [-0.2, 0) is 17.8 Å². The lowest BCUT2D eigenvalue weighted by molar-refractivity contribution is 0.0322. The topological polar surface area (TPSA) is 45.1 Å². The van der Waals surface area contributed by atoms with Gasteiger partial charge in [-0.2, -0.15) is 0 Å². The highest BCUT2D eigenvalue weighted by Crippen LogP contribution is 2.26. The smallest absolute Gasteiger partial charge is 0.145 e. The summed E-state index contributed by atoms with van der Waals surface area (Å²) in [5.74, 6) is -0.270. The van der Waals surface area contributed by atoms with Crippen molar-refractivity contribution in [1.82, 2.24) is 4.90 Å². The second kappa shape index (κ2) is 11.1. The van der Waals surface area contributed by atoms with Crippen molar-refractivity contribution in [1.29, 1.82) is 0 Å². The third-order valence-corrected chi connectivity index (χ3v) is 6.29. The van der Waals surface area contributed by atoms with Crippen molar-refractivity contribution in [3.8, 4) is 0 Å². The average molecular weight is 487 g/mol. The van der Waals surface area contributed by atoms with Gasteiger partial charge in [0.1, 0.15) is 11.9 Å². The van der Waals surface area contributed by atoms with Crippen LogP contribution < -0.4 is 0 Å². The molecule has 1 N–H and O–H groups in total. The van der Waals surface area contributed by atoms with Gasteiger partial charge in [0.25, 0.3) is 0 Å². The molecule has 4 nitrogen and oxygen atoms in total. The van der Waals surface area contributed by atoms with Crippen molar-refractivity contribution >= 4 is 28.9 Å². The second-order valence-electron chi connectivity index (χ2n) is 8.26. The maximum Gasteiger partial charge on any atom is 0.145 e. The third-order valence-electron chi connectivity index (χ3n) is 5.55. The Morgan fingerprint density at radius 3 is 2.48 bits per heavy atom. The van der Waals surface area contributed by atoms with E-state index >= 15 is 0 Å². The molecule has 0 aromatic heterocycles. The number of hydrogen-bond acceptors (Lipinski definition) is 4. The first-order valence-corrected chi connectivity index (χ1v) is 11.6. The molecule has 1 aliphatic rings. The van der Waals surface area contributed by atoms with E-state index in [1.807, 2.05) is 36.4 Å². The number of halogens is 3. The molecule has 0 bridgehead atoms. The summed E-state index contributed by atoms with van der Waals surface area (Å²) in [6.45, 7) is 1.58. The highest BCUT2D eigenvalue weighted by Gasteiger charge is 2.26. The minimum Gasteiger partial charge on any atom is -0.391 e. The van der Waals surface area contributed by atoms with Gasteiger partial charge in [-0.1, -0.05) is 76.9 Å². The van der Waals surface area contributed by atoms with E-state index in [4.69, 9.17) is 28.0 Å². The van der Waals surface area contributed by atoms with Gasteiger partial charge in [0.15, 0.2) is 0 Å². The fourth-order valence-electron chi connectivity index (χ4n) is 3.96. The quantitative estimate of drug-likeness (QED) is 0.419. The predicted molar refractivity (Wildman–Crippen MR) is 130 cm³/mol. The standard InChI is InChI=1S/C26H25Cl2FN2O2/c27-24-11-8-20(13-25(24)28)26-14-23(33-30-26)17-31(15-19-6-9-21(29)10-7-19)16-22(32)12-18-4-2-1-3-5-18/h1-11,13,22-23,32H,12,14-17H2/t22-,23-/m1/s1. The highest BCUT2D eigenvalue weighted by molar-refractivity contribution is 6.42. The molecule has 0 fully saturated rings. The lowest BCUT2D eigenvalue weighted by atomic mass is 10.0. The molecule has 0 unspecified atom stereocenters. The Morgan fingerprint density at radius 2 is 1.76 bits per heavy atom. The summed E-state index contributed by atoms with van der Waals surface area (Å²) in [7, 11) is 0. The van der Waals surface area contributed by atoms with Crippen LogP contribution in [0.25, 0.3) is 0 Å². The van der Waals surface area contributed by atoms with Crippen LogP contribution in [0.1, 0.15) is 23.1 Å². The first kappa shape index (κ1) is 23.7. The molecular weight excluding hydrogens is 462 g/mol. The number of hydrogen-bond donors (Lipinski definition) is 1. The van der Waals surface area contributed by atoms with E-state index in [2.05, 4.69) is 10.1 Å². The first-order chi connectivity index (χ1) is 16.0. The van der Waals surface area contributed by atoms with E-state index in [9.17, 15) is 9.50 Å². The van der Waals surface area contributed by atoms with E-state index in [0.29, 0.717) is 42.5 Å². The van der Waals surface area contributed by atoms with Crippen LogP contribution in [0.15, 0.2) is 78.0 Å². The molecule has 1 heterocycles. The second-order valence-corrected chi connectivity index (χ2v) is 9.08. The van der Waals surface area contributed by atoms with Crippen molar-refractivity contribution in [3.05, 3.63) is 105 Å². The summed E-state index contributed by atoms with van der Waals surface area (Å²) < 4.78 is 13.4. The molecule has 7 heteroatoms. The number of oxime groups is 1. The number of aliphatic hydroxyl groups excluding tert-OH is 1. The van der Waals surface area contributed by atoms with Crippen LogP contribution in [0.4, 0.5) is 4.39 Å². The third kappa shape index (κ3) is 6.78. The molecular formula is C26H25Cl2FN2O2. The van der Waals surface area contributed by atoms with Gasteiger partial charge in [-0.15, -0.1) is 0 Å². The van der Waals surface area contributed by atoms with Gasteiger partial charge in [0.2, 0.25) is 0 Å². The van der Waals surface area contributed by atoms with E-state index in [0.717, 1.165) is 22.4 Å². The molecule has 0 radical (unpaired) electrons. The normalized spacial score (nSPS) is 16.5. The highest BCUT2D eigenvalue weighted by atomic mass is 35.5. The summed E-state index contributed by atoms with van der Waals surface area (Å²) in [5, 5.41) is 16.0. The predicted octanol–water partition coefficient (Wildman–Crippen LogP) is 5.73. The molecule has 0 aliphatic carbocycles. The molecule has 0 saturated heterocycles. The summed E-state index contributed by atoms with van der Waals surface area (Å²) in [5.41, 5.74) is 3.73. The van der Waals surface area contributed by atoms with Crippen LogP contribution in [0.5, 0.6) is 0 Å². The van der Waals surface area contributed by atoms with Crippen molar-refractivity contribution in [3.63, 3.8) is 0 Å². The van der Waals surface area contributed by atoms with E-state index in [1.54, 1.807) is 24.3 Å². The monoisotopic (exact) mass is 486 g/mol. The minimum atomic E-state index is -0.551. The van der Waals surface area contributed by atoms with Crippen molar-refractivity contribution < 1.29 is 14.3 Å². The lowest BCUT2D eigenvalue weighted by Crippen LogP contribution is -2.38. The fourth-order valence-corrected chi connectivity index (χ4v) is 4.26. The van der Waals surface area contributed by atoms with Crippen molar-refractivity contribution in [2.75, 3.05) is 13.1 Å². The van der Waals surface area contributed by atoms with Crippen LogP contribution in [0, 0.1) is 5.82 Å². The lowest BCUT2D eigenvalue weighted by Gasteiger charge is -2.27. The maximum atomic E-state index is 13.4. The Balaban J connectivity index is 1.41. The van der Waals surface area contributed by atoms with Gasteiger partial charge in [-0.25, -0.2) is 4.39 Å². The summed E-state index contributed by atoms with van der Waals surface area (Å²) in [6.07, 6.45) is 0.452. The maximum absolute atomic E-state index is 13.4. The Hall–Kier alpha value is -2.44. The van der Waals surface area contributed by atoms with Crippen LogP contribution >= 0.6 is 23.2 Å². The molecule has 0 amide bonds. The first-order valence-electron chi connectivity index (χ1n) is 10.8. The van der Waals surface area contributed by atoms with Gasteiger partial charge in [-0.3, -0.25) is 4.90 Å². The number of benzene rings is 3. The zero-order valence-electron chi connectivity index (χ0n) is 18.0. The number of rotatable bonds is 9. The molecule has 33 heavy (non-hydrogen) atoms. The van der Waals surface area contributed by atoms with Gasteiger partial charge in [-0.05, 0) is 41.8 Å². The summed E-state index contributed by atoms with van der Waals surface area (Å²) in [6, 6.07) is 21.7. The molecule has 3 aromatic rings. The molecule has 2 atom stereocenters. The Bertz CT molecular complexity index is 1090. The van der Waals surface area contributed by atoms with Gasteiger partial charge >= 0.3 is 0 Å². The fraction of sp³-hybridized carbons (Fsp3) is 0.269. The van der Waals surface area contributed by atoms with Gasteiger partial charge in [0.05, 0.1) is 21.9 Å². The molecule has 0 spiro atoms. The molecule has 1 aliphatic heterocycles. The zero-order valence-corrected chi connectivity index (χ0v) is 19.5. The van der Waals surface area contributed by atoms with Crippen molar-refractivity contribution in [2.24, 2.45) is 5.16 Å². The van der Waals surface area contributed by atoms with E-state index < -0.39 is 6.10 Å². The van der Waals surface area contributed by atoms with Gasteiger partial charge < -0.3 is 9.94 Å². The molecule has 0 saturated carbocycles. The van der Waals surface area contributed by atoms with Crippen LogP contribution in [0.3, 0.4) is 0 Å². The molecule has 3 aromatic carbocycles. The molecule has 4 rings (SSSR count). The SMILES string of the molecule is O[C@H](Cc1ccccc1)CN(Cc1ccc(F)cc1)C[C@H]1CC(c2ccc(Cl)c(Cl)c2)=NO1. The van der Waals surface area contributed by atoms with E-state index in [1.165, 1.54) is 12.1 Å². The zero-order chi connectivity index (χ0) is 23.2. The van der Waals surface area contributed by atoms with E-state index in [-0.39, 0.29) is 11.9 Å². The van der Waals surface area contributed by atoms with Crippen molar-refractivity contribution in [2.45, 2.75) is 31.6 Å². The minimum absolute atomic E-state index is 0.168. The van der Waals surface area contributed by atoms with Crippen LogP contribution in [0.2, 0.25) is 10.0 Å². The number of nitrogens with zero attached hydrogens (tertiary/aromatic N) is 2.